The van der Waals surface area contributed by atoms with Crippen LogP contribution in [0.25, 0.3) is 0 Å². The number of methoxy groups -OCH3 is 1. The fourth-order valence-corrected chi connectivity index (χ4v) is 4.10. The van der Waals surface area contributed by atoms with Gasteiger partial charge in [-0.25, -0.2) is 0 Å². The Labute approximate surface area is 182 Å². The van der Waals surface area contributed by atoms with Crippen molar-refractivity contribution in [3.05, 3.63) is 24.3 Å². The van der Waals surface area contributed by atoms with Gasteiger partial charge in [0, 0.05) is 6.42 Å². The summed E-state index contributed by atoms with van der Waals surface area (Å²) in [6, 6.07) is 0. The average molecular weight is 425 g/mol. The number of rotatable bonds is 16. The van der Waals surface area contributed by atoms with Gasteiger partial charge in [-0.15, -0.1) is 0 Å². The van der Waals surface area contributed by atoms with Crippen LogP contribution in [0.15, 0.2) is 24.3 Å². The molecule has 0 amide bonds. The van der Waals surface area contributed by atoms with Gasteiger partial charge in [0.25, 0.3) is 0 Å². The van der Waals surface area contributed by atoms with Gasteiger partial charge in [-0.1, -0.05) is 77.7 Å². The predicted molar refractivity (Wildman–Crippen MR) is 129 cm³/mol. The van der Waals surface area contributed by atoms with Crippen molar-refractivity contribution >= 4 is 14.3 Å². The summed E-state index contributed by atoms with van der Waals surface area (Å²) in [7, 11) is -0.324. The van der Waals surface area contributed by atoms with Crippen molar-refractivity contribution in [2.24, 2.45) is 0 Å². The first-order valence-electron chi connectivity index (χ1n) is 11.7. The minimum absolute atomic E-state index is 0.0988. The molecule has 0 aromatic rings. The predicted octanol–water partition coefficient (Wildman–Crippen LogP) is 7.97. The van der Waals surface area contributed by atoms with E-state index in [1.54, 1.807) is 0 Å². The van der Waals surface area contributed by atoms with Crippen LogP contribution < -0.4 is 0 Å². The molecule has 0 N–H and O–H groups in total. The van der Waals surface area contributed by atoms with Crippen LogP contribution in [-0.2, 0) is 14.0 Å². The van der Waals surface area contributed by atoms with Gasteiger partial charge in [0.15, 0.2) is 8.32 Å². The van der Waals surface area contributed by atoms with E-state index in [0.29, 0.717) is 6.42 Å². The molecule has 0 aliphatic carbocycles. The van der Waals surface area contributed by atoms with Crippen LogP contribution in [0, 0.1) is 0 Å². The molecule has 0 aromatic carbocycles. The molecule has 0 spiro atoms. The van der Waals surface area contributed by atoms with Gasteiger partial charge in [-0.3, -0.25) is 4.79 Å². The van der Waals surface area contributed by atoms with Crippen LogP contribution in [-0.4, -0.2) is 27.5 Å². The minimum Gasteiger partial charge on any atom is -0.469 e. The molecule has 0 bridgehead atoms. The number of unbranched alkanes of at least 4 members (excludes halogenated alkanes) is 7. The van der Waals surface area contributed by atoms with Crippen molar-refractivity contribution in [2.75, 3.05) is 7.11 Å². The second kappa shape index (κ2) is 15.9. The molecule has 0 aromatic heterocycles. The lowest BCUT2D eigenvalue weighted by Gasteiger charge is -2.38. The maximum atomic E-state index is 11.1. The Kier molecular flexibility index (Phi) is 15.4. The van der Waals surface area contributed by atoms with Crippen molar-refractivity contribution in [2.45, 2.75) is 123 Å². The summed E-state index contributed by atoms with van der Waals surface area (Å²) in [6.07, 6.45) is 21.4. The Morgan fingerprint density at radius 1 is 0.931 bits per heavy atom. The Balaban J connectivity index is 4.45. The number of hydrogen-bond acceptors (Lipinski definition) is 3. The summed E-state index contributed by atoms with van der Waals surface area (Å²) < 4.78 is 11.3. The summed E-state index contributed by atoms with van der Waals surface area (Å²) >= 11 is 0. The van der Waals surface area contributed by atoms with Crippen molar-refractivity contribution in [3.63, 3.8) is 0 Å². The standard InChI is InChI=1S/C25H48O3Si/c1-8-9-10-11-14-17-20-23(28-29(6,7)25(2,3)4)21-18-15-12-13-16-19-22-24(26)27-5/h14,17-18,21,23H,8-13,15-16,19-20,22H2,1-7H3/b17-14-,21-18+/t23-/m1/s1. The zero-order chi connectivity index (χ0) is 22.2. The molecule has 0 unspecified atom stereocenters. The molecular formula is C25H48O3Si. The first-order chi connectivity index (χ1) is 13.6. The monoisotopic (exact) mass is 424 g/mol. The Morgan fingerprint density at radius 2 is 1.55 bits per heavy atom. The first-order valence-corrected chi connectivity index (χ1v) is 14.6. The highest BCUT2D eigenvalue weighted by Gasteiger charge is 2.38. The summed E-state index contributed by atoms with van der Waals surface area (Å²) in [5, 5.41) is 0.226. The number of allylic oxidation sites excluding steroid dienone is 2. The van der Waals surface area contributed by atoms with Gasteiger partial charge in [0.1, 0.15) is 0 Å². The molecule has 0 radical (unpaired) electrons. The van der Waals surface area contributed by atoms with Gasteiger partial charge in [-0.2, -0.15) is 0 Å². The second-order valence-electron chi connectivity index (χ2n) is 9.58. The van der Waals surface area contributed by atoms with Crippen molar-refractivity contribution < 1.29 is 14.0 Å². The lowest BCUT2D eigenvalue weighted by Crippen LogP contribution is -2.43. The molecule has 0 aliphatic heterocycles. The van der Waals surface area contributed by atoms with E-state index in [4.69, 9.17) is 4.43 Å². The molecule has 0 fully saturated rings. The first kappa shape index (κ1) is 28.1. The van der Waals surface area contributed by atoms with Gasteiger partial charge >= 0.3 is 5.97 Å². The quantitative estimate of drug-likeness (QED) is 0.109. The SMILES string of the molecule is CCCCC/C=C\C[C@H](/C=C/CCCCCCC(=O)OC)O[Si](C)(C)C(C)(C)C. The molecule has 170 valence electrons. The van der Waals surface area contributed by atoms with Crippen LogP contribution in [0.3, 0.4) is 0 Å². The van der Waals surface area contributed by atoms with Crippen LogP contribution in [0.5, 0.6) is 0 Å². The van der Waals surface area contributed by atoms with E-state index < -0.39 is 8.32 Å². The molecule has 0 saturated carbocycles. The molecule has 0 saturated heterocycles. The van der Waals surface area contributed by atoms with Crippen molar-refractivity contribution in [3.8, 4) is 0 Å². The maximum Gasteiger partial charge on any atom is 0.305 e. The zero-order valence-electron chi connectivity index (χ0n) is 20.4. The Bertz CT molecular complexity index is 475. The number of hydrogen-bond donors (Lipinski definition) is 0. The van der Waals surface area contributed by atoms with Crippen LogP contribution in [0.2, 0.25) is 18.1 Å². The Hall–Kier alpha value is -0.873. The molecule has 0 rings (SSSR count). The summed E-state index contributed by atoms with van der Waals surface area (Å²) in [5.41, 5.74) is 0. The van der Waals surface area contributed by atoms with Gasteiger partial charge in [0.05, 0.1) is 13.2 Å². The van der Waals surface area contributed by atoms with Gasteiger partial charge < -0.3 is 9.16 Å². The normalized spacial score (nSPS) is 14.0. The maximum absolute atomic E-state index is 11.1. The number of carbonyl (C=O) groups excluding carboxylic acids is 1. The van der Waals surface area contributed by atoms with Crippen molar-refractivity contribution in [1.29, 1.82) is 0 Å². The summed E-state index contributed by atoms with van der Waals surface area (Å²) in [5.74, 6) is -0.0988. The number of esters is 1. The van der Waals surface area contributed by atoms with Gasteiger partial charge in [0.2, 0.25) is 0 Å². The fourth-order valence-electron chi connectivity index (χ4n) is 2.82. The lowest BCUT2D eigenvalue weighted by atomic mass is 10.1. The Morgan fingerprint density at radius 3 is 2.17 bits per heavy atom. The van der Waals surface area contributed by atoms with Crippen LogP contribution in [0.1, 0.15) is 98.3 Å². The average Bonchev–Trinajstić information content (AvgIpc) is 2.64. The van der Waals surface area contributed by atoms with E-state index in [-0.39, 0.29) is 17.1 Å². The van der Waals surface area contributed by atoms with E-state index in [1.165, 1.54) is 32.8 Å². The van der Waals surface area contributed by atoms with E-state index in [9.17, 15) is 4.79 Å². The number of ether oxygens (including phenoxy) is 1. The third-order valence-corrected chi connectivity index (χ3v) is 10.3. The fraction of sp³-hybridized carbons (Fsp3) is 0.800. The van der Waals surface area contributed by atoms with Crippen molar-refractivity contribution in [1.82, 2.24) is 0 Å². The lowest BCUT2D eigenvalue weighted by molar-refractivity contribution is -0.140. The largest absolute Gasteiger partial charge is 0.469 e. The van der Waals surface area contributed by atoms with E-state index in [0.717, 1.165) is 38.5 Å². The van der Waals surface area contributed by atoms with E-state index in [2.05, 4.69) is 69.8 Å². The van der Waals surface area contributed by atoms with Crippen LogP contribution in [0.4, 0.5) is 0 Å². The third kappa shape index (κ3) is 14.7. The highest BCUT2D eigenvalue weighted by atomic mass is 28.4. The van der Waals surface area contributed by atoms with E-state index >= 15 is 0 Å². The minimum atomic E-state index is -1.78. The third-order valence-electron chi connectivity index (χ3n) is 5.84. The topological polar surface area (TPSA) is 35.5 Å². The molecule has 29 heavy (non-hydrogen) atoms. The summed E-state index contributed by atoms with van der Waals surface area (Å²) in [4.78, 5) is 11.1. The van der Waals surface area contributed by atoms with E-state index in [1.807, 2.05) is 0 Å². The van der Waals surface area contributed by atoms with Crippen LogP contribution >= 0.6 is 0 Å². The molecular weight excluding hydrogens is 376 g/mol. The number of carbonyl (C=O) groups is 1. The molecule has 0 aliphatic rings. The highest BCUT2D eigenvalue weighted by Crippen LogP contribution is 2.37. The summed E-state index contributed by atoms with van der Waals surface area (Å²) in [6.45, 7) is 13.8. The molecule has 0 heterocycles. The smallest absolute Gasteiger partial charge is 0.305 e. The van der Waals surface area contributed by atoms with Gasteiger partial charge in [-0.05, 0) is 56.7 Å². The second-order valence-corrected chi connectivity index (χ2v) is 14.3. The molecule has 3 nitrogen and oxygen atoms in total. The molecule has 4 heteroatoms. The highest BCUT2D eigenvalue weighted by molar-refractivity contribution is 6.74. The zero-order valence-corrected chi connectivity index (χ0v) is 21.4. The molecule has 1 atom stereocenters.